The predicted molar refractivity (Wildman–Crippen MR) is 188 cm³/mol. The highest BCUT2D eigenvalue weighted by Gasteiger charge is 2.54. The number of unbranched alkanes of at least 4 members (excludes halogenated alkanes) is 1. The standard InChI is InChI=1S/C38H60O16/c1-12-13-14-15-44-37-34(48-27(10)42)22(5)33(30(51-37)17-46-25(8)40)54-38-35(49-28(11)43)23(6)32(31(52-38)18-47-26(9)41)53-36-21(4)19(2)20(3)29(50-36)16-45-24(7)39/h12,19-23,29-38H,1,13-18H2,2-11H3/t19-,20+,21?,22-,23-,29?,30?,31?,32+,33+,34?,35?,36-,37+,38-/m0/s1. The van der Waals surface area contributed by atoms with Crippen LogP contribution >= 0.6 is 0 Å². The van der Waals surface area contributed by atoms with Gasteiger partial charge in [-0.25, -0.2) is 0 Å². The van der Waals surface area contributed by atoms with Crippen LogP contribution in [0.1, 0.15) is 82.1 Å². The molecular weight excluding hydrogens is 712 g/mol. The first-order valence-corrected chi connectivity index (χ1v) is 18.7. The van der Waals surface area contributed by atoms with E-state index in [4.69, 9.17) is 52.1 Å². The number of ether oxygens (including phenoxy) is 11. The molecule has 0 bridgehead atoms. The van der Waals surface area contributed by atoms with E-state index >= 15 is 0 Å². The van der Waals surface area contributed by atoms with Crippen LogP contribution in [-0.2, 0) is 76.1 Å². The van der Waals surface area contributed by atoms with E-state index in [-0.39, 0.29) is 44.2 Å². The van der Waals surface area contributed by atoms with Gasteiger partial charge in [0, 0.05) is 52.4 Å². The highest BCUT2D eigenvalue weighted by Crippen LogP contribution is 2.41. The van der Waals surface area contributed by atoms with Crippen molar-refractivity contribution in [3.05, 3.63) is 12.7 Å². The molecule has 0 aromatic rings. The smallest absolute Gasteiger partial charge is 0.303 e. The summed E-state index contributed by atoms with van der Waals surface area (Å²) in [7, 11) is 0. The first-order chi connectivity index (χ1) is 25.4. The summed E-state index contributed by atoms with van der Waals surface area (Å²) in [5.41, 5.74) is 0. The molecule has 54 heavy (non-hydrogen) atoms. The van der Waals surface area contributed by atoms with E-state index in [0.29, 0.717) is 12.8 Å². The van der Waals surface area contributed by atoms with E-state index in [1.165, 1.54) is 34.6 Å². The molecule has 3 rings (SSSR count). The van der Waals surface area contributed by atoms with Crippen molar-refractivity contribution in [2.45, 2.75) is 144 Å². The zero-order valence-electron chi connectivity index (χ0n) is 33.2. The minimum atomic E-state index is -1.29. The molecule has 0 aliphatic carbocycles. The summed E-state index contributed by atoms with van der Waals surface area (Å²) in [5.74, 6) is -4.00. The SMILES string of the molecule is C=CCCCO[C@@H]1OC(COC(C)=O)[C@H](O[C@@H]2OC(COC(C)=O)[C@H](O[C@@H]3OC(COC(C)=O)[C@H](C)[C@H](C)C3C)[C@H](C)C2OC(C)=O)[C@H](C)C1OC(C)=O. The van der Waals surface area contributed by atoms with Gasteiger partial charge >= 0.3 is 29.8 Å². The Morgan fingerprint density at radius 3 is 1.41 bits per heavy atom. The third-order valence-corrected chi connectivity index (χ3v) is 10.3. The van der Waals surface area contributed by atoms with Gasteiger partial charge in [-0.15, -0.1) is 6.58 Å². The maximum absolute atomic E-state index is 12.6. The van der Waals surface area contributed by atoms with Crippen LogP contribution in [-0.4, -0.2) is 118 Å². The minimum Gasteiger partial charge on any atom is -0.463 e. The van der Waals surface area contributed by atoms with Gasteiger partial charge in [0.1, 0.15) is 32.0 Å². The molecule has 0 aromatic heterocycles. The van der Waals surface area contributed by atoms with Crippen molar-refractivity contribution in [3.8, 4) is 0 Å². The van der Waals surface area contributed by atoms with Gasteiger partial charge in [0.2, 0.25) is 0 Å². The van der Waals surface area contributed by atoms with E-state index in [1.54, 1.807) is 19.9 Å². The lowest BCUT2D eigenvalue weighted by Gasteiger charge is -2.50. The molecule has 6 unspecified atom stereocenters. The highest BCUT2D eigenvalue weighted by atomic mass is 16.8. The van der Waals surface area contributed by atoms with Crippen LogP contribution in [0.5, 0.6) is 0 Å². The molecule has 0 N–H and O–H groups in total. The van der Waals surface area contributed by atoms with Crippen molar-refractivity contribution in [1.29, 1.82) is 0 Å². The van der Waals surface area contributed by atoms with E-state index in [0.717, 1.165) is 0 Å². The van der Waals surface area contributed by atoms with Gasteiger partial charge in [-0.1, -0.05) is 40.7 Å². The number of carbonyl (C=O) groups excluding carboxylic acids is 5. The van der Waals surface area contributed by atoms with Gasteiger partial charge in [-0.05, 0) is 24.7 Å². The average molecular weight is 773 g/mol. The maximum atomic E-state index is 12.6. The second-order valence-electron chi connectivity index (χ2n) is 14.5. The Hall–Kier alpha value is -3.15. The molecule has 3 heterocycles. The number of rotatable bonds is 17. The van der Waals surface area contributed by atoms with E-state index in [9.17, 15) is 24.0 Å². The number of esters is 5. The van der Waals surface area contributed by atoms with Crippen molar-refractivity contribution in [2.75, 3.05) is 26.4 Å². The average Bonchev–Trinajstić information content (AvgIpc) is 3.09. The van der Waals surface area contributed by atoms with Gasteiger partial charge in [0.15, 0.2) is 31.1 Å². The summed E-state index contributed by atoms with van der Waals surface area (Å²) < 4.78 is 66.0. The number of hydrogen-bond donors (Lipinski definition) is 0. The van der Waals surface area contributed by atoms with Crippen LogP contribution in [0.2, 0.25) is 0 Å². The molecule has 0 spiro atoms. The van der Waals surface area contributed by atoms with Crippen LogP contribution < -0.4 is 0 Å². The zero-order valence-corrected chi connectivity index (χ0v) is 33.2. The minimum absolute atomic E-state index is 0.0372. The van der Waals surface area contributed by atoms with Crippen molar-refractivity contribution < 1.29 is 76.1 Å². The highest BCUT2D eigenvalue weighted by molar-refractivity contribution is 5.67. The quantitative estimate of drug-likeness (QED) is 0.0902. The molecule has 0 amide bonds. The number of allylic oxidation sites excluding steroid dienone is 1. The lowest BCUT2D eigenvalue weighted by Crippen LogP contribution is -2.63. The third kappa shape index (κ3) is 12.7. The number of hydrogen-bond acceptors (Lipinski definition) is 16. The molecule has 3 saturated heterocycles. The van der Waals surface area contributed by atoms with Crippen LogP contribution in [0.3, 0.4) is 0 Å². The topological polar surface area (TPSA) is 187 Å². The Balaban J connectivity index is 1.97. The fourth-order valence-electron chi connectivity index (χ4n) is 7.01. The number of carbonyl (C=O) groups is 5. The van der Waals surface area contributed by atoms with Gasteiger partial charge in [-0.3, -0.25) is 24.0 Å². The largest absolute Gasteiger partial charge is 0.463 e. The Kier molecular flexibility index (Phi) is 17.8. The summed E-state index contributed by atoms with van der Waals surface area (Å²) in [4.78, 5) is 60.5. The molecule has 0 saturated carbocycles. The second kappa shape index (κ2) is 21.2. The molecule has 16 nitrogen and oxygen atoms in total. The summed E-state index contributed by atoms with van der Waals surface area (Å²) in [5, 5.41) is 0. The van der Waals surface area contributed by atoms with Crippen molar-refractivity contribution in [3.63, 3.8) is 0 Å². The van der Waals surface area contributed by atoms with Gasteiger partial charge in [-0.2, -0.15) is 0 Å². The first-order valence-electron chi connectivity index (χ1n) is 18.7. The summed E-state index contributed by atoms with van der Waals surface area (Å²) >= 11 is 0. The summed E-state index contributed by atoms with van der Waals surface area (Å²) in [6, 6.07) is 0. The first kappa shape index (κ1) is 45.2. The molecule has 3 aliphatic heterocycles. The van der Waals surface area contributed by atoms with Gasteiger partial charge in [0.05, 0.1) is 24.9 Å². The van der Waals surface area contributed by atoms with Crippen LogP contribution in [0, 0.1) is 29.6 Å². The Bertz CT molecular complexity index is 1270. The molecule has 3 fully saturated rings. The molecule has 308 valence electrons. The van der Waals surface area contributed by atoms with Gasteiger partial charge < -0.3 is 52.1 Å². The Morgan fingerprint density at radius 2 is 0.944 bits per heavy atom. The third-order valence-electron chi connectivity index (χ3n) is 10.3. The Labute approximate surface area is 318 Å². The summed E-state index contributed by atoms with van der Waals surface area (Å²) in [6.45, 7) is 19.6. The fourth-order valence-corrected chi connectivity index (χ4v) is 7.01. The van der Waals surface area contributed by atoms with Crippen molar-refractivity contribution in [1.82, 2.24) is 0 Å². The van der Waals surface area contributed by atoms with Crippen molar-refractivity contribution in [2.24, 2.45) is 29.6 Å². The molecule has 16 heteroatoms. The van der Waals surface area contributed by atoms with Crippen LogP contribution in [0.4, 0.5) is 0 Å². The van der Waals surface area contributed by atoms with Crippen LogP contribution in [0.15, 0.2) is 12.7 Å². The van der Waals surface area contributed by atoms with E-state index in [1.807, 2.05) is 13.8 Å². The molecule has 15 atom stereocenters. The Morgan fingerprint density at radius 1 is 0.519 bits per heavy atom. The fraction of sp³-hybridized carbons (Fsp3) is 0.816. The van der Waals surface area contributed by atoms with Crippen molar-refractivity contribution >= 4 is 29.8 Å². The molecule has 3 aliphatic rings. The van der Waals surface area contributed by atoms with E-state index < -0.39 is 103 Å². The zero-order chi connectivity index (χ0) is 40.3. The van der Waals surface area contributed by atoms with Gasteiger partial charge in [0.25, 0.3) is 0 Å². The van der Waals surface area contributed by atoms with E-state index in [2.05, 4.69) is 13.5 Å². The normalized spacial score (nSPS) is 36.7. The molecule has 0 aromatic carbocycles. The lowest BCUT2D eigenvalue weighted by atomic mass is 9.79. The monoisotopic (exact) mass is 772 g/mol. The molecule has 0 radical (unpaired) electrons. The maximum Gasteiger partial charge on any atom is 0.303 e. The predicted octanol–water partition coefficient (Wildman–Crippen LogP) is 3.65. The second-order valence-corrected chi connectivity index (χ2v) is 14.5. The lowest BCUT2D eigenvalue weighted by molar-refractivity contribution is -0.364. The van der Waals surface area contributed by atoms with Crippen LogP contribution in [0.25, 0.3) is 0 Å². The molecular formula is C38H60O16. The summed E-state index contributed by atoms with van der Waals surface area (Å²) in [6.07, 6.45) is -6.20.